The highest BCUT2D eigenvalue weighted by Crippen LogP contribution is 2.34. The van der Waals surface area contributed by atoms with Crippen LogP contribution in [-0.4, -0.2) is 46.3 Å². The van der Waals surface area contributed by atoms with Crippen LogP contribution < -0.4 is 10.2 Å². The first-order chi connectivity index (χ1) is 17.0. The van der Waals surface area contributed by atoms with Crippen molar-refractivity contribution in [2.24, 2.45) is 0 Å². The fourth-order valence-corrected chi connectivity index (χ4v) is 3.93. The average Bonchev–Trinajstić information content (AvgIpc) is 3.25. The molecule has 0 radical (unpaired) electrons. The lowest BCUT2D eigenvalue weighted by Crippen LogP contribution is -2.58. The summed E-state index contributed by atoms with van der Waals surface area (Å²) in [6.45, 7) is -0.293. The van der Waals surface area contributed by atoms with E-state index in [2.05, 4.69) is 10.4 Å². The lowest BCUT2D eigenvalue weighted by Gasteiger charge is -2.36. The molecule has 11 heteroatoms. The molecule has 0 aliphatic rings. The van der Waals surface area contributed by atoms with Crippen molar-refractivity contribution in [2.75, 3.05) is 29.9 Å². The molecule has 0 amide bonds. The van der Waals surface area contributed by atoms with Crippen LogP contribution in [0.3, 0.4) is 0 Å². The zero-order valence-electron chi connectivity index (χ0n) is 19.0. The van der Waals surface area contributed by atoms with Gasteiger partial charge < -0.3 is 15.3 Å². The van der Waals surface area contributed by atoms with Crippen LogP contribution in [0.25, 0.3) is 16.6 Å². The van der Waals surface area contributed by atoms with Gasteiger partial charge in [0.1, 0.15) is 17.3 Å². The van der Waals surface area contributed by atoms with Crippen LogP contribution in [0.15, 0.2) is 66.9 Å². The SMILES string of the molecule is CCN(CC(O)(CNc1cccc2c1cnn2-c1ccc(F)cc1F)C(F)(F)F)c1ccccc1F. The smallest absolute Gasteiger partial charge is 0.381 e. The predicted octanol–water partition coefficient (Wildman–Crippen LogP) is 5.67. The molecule has 190 valence electrons. The molecular weight excluding hydrogens is 486 g/mol. The van der Waals surface area contributed by atoms with Gasteiger partial charge in [0.15, 0.2) is 11.4 Å². The van der Waals surface area contributed by atoms with E-state index in [9.17, 15) is 31.4 Å². The van der Waals surface area contributed by atoms with E-state index >= 15 is 0 Å². The van der Waals surface area contributed by atoms with Gasteiger partial charge in [-0.2, -0.15) is 18.3 Å². The second-order valence-electron chi connectivity index (χ2n) is 8.24. The number of alkyl halides is 3. The van der Waals surface area contributed by atoms with E-state index in [0.717, 1.165) is 17.0 Å². The maximum absolute atomic E-state index is 14.3. The van der Waals surface area contributed by atoms with Crippen molar-refractivity contribution in [1.29, 1.82) is 0 Å². The molecule has 2 N–H and O–H groups in total. The number of hydrogen-bond acceptors (Lipinski definition) is 4. The molecule has 5 nitrogen and oxygen atoms in total. The summed E-state index contributed by atoms with van der Waals surface area (Å²) >= 11 is 0. The number of anilines is 2. The summed E-state index contributed by atoms with van der Waals surface area (Å²) < 4.78 is 85.1. The first-order valence-corrected chi connectivity index (χ1v) is 11.0. The number of fused-ring (bicyclic) bond motifs is 1. The van der Waals surface area contributed by atoms with Gasteiger partial charge in [0, 0.05) is 23.7 Å². The maximum atomic E-state index is 14.3. The van der Waals surface area contributed by atoms with Gasteiger partial charge in [0.25, 0.3) is 0 Å². The second kappa shape index (κ2) is 9.73. The molecule has 3 aromatic carbocycles. The highest BCUT2D eigenvalue weighted by atomic mass is 19.4. The van der Waals surface area contributed by atoms with Gasteiger partial charge in [0.05, 0.1) is 30.5 Å². The van der Waals surface area contributed by atoms with E-state index in [-0.39, 0.29) is 23.6 Å². The Balaban J connectivity index is 1.64. The number of benzene rings is 3. The maximum Gasteiger partial charge on any atom is 0.420 e. The molecular formula is C25H22F6N4O. The topological polar surface area (TPSA) is 53.3 Å². The molecule has 0 fully saturated rings. The summed E-state index contributed by atoms with van der Waals surface area (Å²) in [5.41, 5.74) is -2.79. The van der Waals surface area contributed by atoms with Crippen molar-refractivity contribution in [3.05, 3.63) is 84.3 Å². The number of nitrogens with zero attached hydrogens (tertiary/aromatic N) is 3. The Kier molecular flexibility index (Phi) is 6.85. The molecule has 0 saturated carbocycles. The van der Waals surface area contributed by atoms with Gasteiger partial charge in [0.2, 0.25) is 0 Å². The van der Waals surface area contributed by atoms with E-state index in [1.54, 1.807) is 13.0 Å². The van der Waals surface area contributed by atoms with Crippen molar-refractivity contribution >= 4 is 22.3 Å². The fourth-order valence-electron chi connectivity index (χ4n) is 3.93. The Bertz CT molecular complexity index is 1370. The largest absolute Gasteiger partial charge is 0.420 e. The fraction of sp³-hybridized carbons (Fsp3) is 0.240. The van der Waals surface area contributed by atoms with Crippen molar-refractivity contribution in [1.82, 2.24) is 9.78 Å². The van der Waals surface area contributed by atoms with Crippen LogP contribution in [0.5, 0.6) is 0 Å². The van der Waals surface area contributed by atoms with E-state index < -0.39 is 42.3 Å². The van der Waals surface area contributed by atoms with Gasteiger partial charge in [-0.25, -0.2) is 17.9 Å². The molecule has 4 rings (SSSR count). The molecule has 0 spiro atoms. The minimum absolute atomic E-state index is 0.0188. The predicted molar refractivity (Wildman–Crippen MR) is 125 cm³/mol. The minimum atomic E-state index is -5.05. The summed E-state index contributed by atoms with van der Waals surface area (Å²) in [4.78, 5) is 1.11. The van der Waals surface area contributed by atoms with Crippen LogP contribution in [0.2, 0.25) is 0 Å². The Labute approximate surface area is 202 Å². The summed E-state index contributed by atoms with van der Waals surface area (Å²) in [7, 11) is 0. The highest BCUT2D eigenvalue weighted by Gasteiger charge is 2.54. The Morgan fingerprint density at radius 3 is 2.39 bits per heavy atom. The number of halogens is 6. The van der Waals surface area contributed by atoms with Gasteiger partial charge in [-0.3, -0.25) is 0 Å². The normalized spacial score (nSPS) is 13.6. The van der Waals surface area contributed by atoms with Gasteiger partial charge >= 0.3 is 6.18 Å². The van der Waals surface area contributed by atoms with E-state index in [1.807, 2.05) is 0 Å². The third kappa shape index (κ3) is 4.83. The number of para-hydroxylation sites is 1. The molecule has 4 aromatic rings. The van der Waals surface area contributed by atoms with Gasteiger partial charge in [-0.05, 0) is 43.3 Å². The van der Waals surface area contributed by atoms with Crippen molar-refractivity contribution in [2.45, 2.75) is 18.7 Å². The molecule has 1 unspecified atom stereocenters. The molecule has 1 atom stereocenters. The van der Waals surface area contributed by atoms with Crippen LogP contribution in [-0.2, 0) is 0 Å². The summed E-state index contributed by atoms with van der Waals surface area (Å²) in [5.74, 6) is -2.34. The van der Waals surface area contributed by atoms with Crippen molar-refractivity contribution < 1.29 is 31.4 Å². The summed E-state index contributed by atoms with van der Waals surface area (Å²) in [6, 6.07) is 12.9. The van der Waals surface area contributed by atoms with E-state index in [1.165, 1.54) is 47.3 Å². The third-order valence-corrected chi connectivity index (χ3v) is 5.88. The quantitative estimate of drug-likeness (QED) is 0.301. The van der Waals surface area contributed by atoms with E-state index in [4.69, 9.17) is 0 Å². The summed E-state index contributed by atoms with van der Waals surface area (Å²) in [5, 5.41) is 17.8. The highest BCUT2D eigenvalue weighted by molar-refractivity contribution is 5.92. The number of nitrogens with one attached hydrogen (secondary N) is 1. The van der Waals surface area contributed by atoms with Gasteiger partial charge in [-0.15, -0.1) is 0 Å². The lowest BCUT2D eigenvalue weighted by atomic mass is 10.0. The summed E-state index contributed by atoms with van der Waals surface area (Å²) in [6.07, 6.45) is -3.72. The molecule has 0 saturated heterocycles. The Morgan fingerprint density at radius 2 is 1.72 bits per heavy atom. The van der Waals surface area contributed by atoms with Crippen LogP contribution in [0.4, 0.5) is 37.7 Å². The Morgan fingerprint density at radius 1 is 0.972 bits per heavy atom. The van der Waals surface area contributed by atoms with Crippen LogP contribution in [0, 0.1) is 17.5 Å². The molecule has 0 aliphatic carbocycles. The van der Waals surface area contributed by atoms with Gasteiger partial charge in [-0.1, -0.05) is 18.2 Å². The first kappa shape index (κ1) is 25.4. The average molecular weight is 508 g/mol. The second-order valence-corrected chi connectivity index (χ2v) is 8.24. The Hall–Kier alpha value is -3.73. The van der Waals surface area contributed by atoms with Crippen molar-refractivity contribution in [3.63, 3.8) is 0 Å². The number of aromatic nitrogens is 2. The lowest BCUT2D eigenvalue weighted by molar-refractivity contribution is -0.250. The molecule has 0 aliphatic heterocycles. The molecule has 1 aromatic heterocycles. The molecule has 1 heterocycles. The monoisotopic (exact) mass is 508 g/mol. The van der Waals surface area contributed by atoms with Crippen LogP contribution in [0.1, 0.15) is 6.92 Å². The first-order valence-electron chi connectivity index (χ1n) is 11.0. The zero-order valence-corrected chi connectivity index (χ0v) is 19.0. The van der Waals surface area contributed by atoms with Crippen molar-refractivity contribution in [3.8, 4) is 5.69 Å². The number of aliphatic hydroxyl groups is 1. The zero-order chi connectivity index (χ0) is 26.1. The van der Waals surface area contributed by atoms with E-state index in [0.29, 0.717) is 17.0 Å². The number of hydrogen-bond donors (Lipinski definition) is 2. The molecule has 36 heavy (non-hydrogen) atoms. The standard InChI is InChI=1S/C25H22F6N4O/c1-2-34(22-8-4-3-6-18(22)27)15-24(36,25(29,30)31)14-32-20-7-5-9-21-17(20)13-33-35(21)23-11-10-16(26)12-19(23)28/h3-13,32,36H,2,14-15H2,1H3. The molecule has 0 bridgehead atoms. The number of likely N-dealkylation sites (N-methyl/N-ethyl adjacent to an activating group) is 1. The number of rotatable bonds is 8. The minimum Gasteiger partial charge on any atom is -0.381 e. The van der Waals surface area contributed by atoms with Crippen LogP contribution >= 0.6 is 0 Å². The third-order valence-electron chi connectivity index (χ3n) is 5.88.